The number of hydrogen-bond donors (Lipinski definition) is 0. The maximum absolute atomic E-state index is 13.6. The minimum Gasteiger partial charge on any atom is -0.757 e. The molecular weight excluding hydrogens is 476 g/mol. The van der Waals surface area contributed by atoms with Crippen molar-refractivity contribution in [2.75, 3.05) is 18.3 Å². The average Bonchev–Trinajstić information content (AvgIpc) is 2.87. The van der Waals surface area contributed by atoms with Crippen LogP contribution in [0.5, 0.6) is 0 Å². The van der Waals surface area contributed by atoms with E-state index in [4.69, 9.17) is 0 Å². The zero-order chi connectivity index (χ0) is 26.0. The maximum Gasteiger partial charge on any atom is 0.416 e. The van der Waals surface area contributed by atoms with E-state index in [1.165, 1.54) is 41.0 Å². The van der Waals surface area contributed by atoms with Crippen LogP contribution >= 0.6 is 0 Å². The fourth-order valence-electron chi connectivity index (χ4n) is 4.01. The first-order valence-electron chi connectivity index (χ1n) is 11.2. The van der Waals surface area contributed by atoms with E-state index in [1.807, 2.05) is 0 Å². The van der Waals surface area contributed by atoms with Crippen molar-refractivity contribution in [1.29, 1.82) is 0 Å². The van der Waals surface area contributed by atoms with Gasteiger partial charge < -0.3 is 10.3 Å². The molecule has 6 nitrogen and oxygen atoms in total. The molecule has 1 unspecified atom stereocenters. The van der Waals surface area contributed by atoms with Gasteiger partial charge in [-0.25, -0.2) is 9.37 Å². The number of nitrogens with zero attached hydrogens (tertiary/aromatic N) is 4. The van der Waals surface area contributed by atoms with E-state index in [-0.39, 0.29) is 17.9 Å². The zero-order valence-corrected chi connectivity index (χ0v) is 19.5. The van der Waals surface area contributed by atoms with Gasteiger partial charge in [-0.3, -0.25) is 14.3 Å². The lowest BCUT2D eigenvalue weighted by atomic mass is 10.2. The first-order valence-corrected chi connectivity index (χ1v) is 11.2. The molecule has 1 atom stereocenters. The second-order valence-electron chi connectivity index (χ2n) is 8.25. The van der Waals surface area contributed by atoms with Crippen LogP contribution in [0.15, 0.2) is 77.6 Å². The van der Waals surface area contributed by atoms with Gasteiger partial charge in [0.05, 0.1) is 34.9 Å². The monoisotopic (exact) mass is 499 g/mol. The highest BCUT2D eigenvalue weighted by Gasteiger charge is 2.30. The molecule has 0 bridgehead atoms. The third-order valence-electron chi connectivity index (χ3n) is 5.99. The molecule has 0 amide bonds. The van der Waals surface area contributed by atoms with E-state index in [2.05, 4.69) is 4.98 Å². The van der Waals surface area contributed by atoms with E-state index in [1.54, 1.807) is 43.0 Å². The Morgan fingerprint density at radius 1 is 1.03 bits per heavy atom. The molecule has 36 heavy (non-hydrogen) atoms. The first kappa shape index (κ1) is 25.3. The smallest absolute Gasteiger partial charge is 0.416 e. The Kier molecular flexibility index (Phi) is 7.09. The lowest BCUT2D eigenvalue weighted by molar-refractivity contribution is -0.137. The van der Waals surface area contributed by atoms with Gasteiger partial charge in [-0.15, -0.1) is 0 Å². The number of benzene rings is 3. The highest BCUT2D eigenvalue weighted by Crippen LogP contribution is 2.32. The van der Waals surface area contributed by atoms with Crippen molar-refractivity contribution in [3.8, 4) is 5.69 Å². The maximum atomic E-state index is 13.6. The summed E-state index contributed by atoms with van der Waals surface area (Å²) in [6.45, 7) is 3.61. The van der Waals surface area contributed by atoms with Crippen LogP contribution in [0.4, 0.5) is 23.2 Å². The Morgan fingerprint density at radius 2 is 1.72 bits per heavy atom. The molecule has 0 radical (unpaired) electrons. The summed E-state index contributed by atoms with van der Waals surface area (Å²) in [6.07, 6.45) is -4.57. The SMILES string of the molecule is CCN(CN([O-])c1cccc(C(F)(F)F)c1)C(C)c1nc2ccccc2c(=O)n1-c1ccc(F)cc1. The number of para-hydroxylation sites is 1. The Labute approximate surface area is 204 Å². The fourth-order valence-corrected chi connectivity index (χ4v) is 4.01. The second-order valence-corrected chi connectivity index (χ2v) is 8.25. The topological polar surface area (TPSA) is 64.4 Å². The van der Waals surface area contributed by atoms with Crippen LogP contribution in [-0.2, 0) is 6.18 Å². The van der Waals surface area contributed by atoms with Crippen LogP contribution in [0.3, 0.4) is 0 Å². The van der Waals surface area contributed by atoms with Crippen LogP contribution in [0.2, 0.25) is 0 Å². The molecule has 0 aliphatic carbocycles. The van der Waals surface area contributed by atoms with Gasteiger partial charge in [0.2, 0.25) is 0 Å². The van der Waals surface area contributed by atoms with Gasteiger partial charge in [0, 0.05) is 5.69 Å². The number of hydroxylamine groups is 1. The van der Waals surface area contributed by atoms with Gasteiger partial charge in [0.25, 0.3) is 5.56 Å². The van der Waals surface area contributed by atoms with Crippen molar-refractivity contribution in [2.24, 2.45) is 0 Å². The standard InChI is InChI=1S/C26H23F4N4O2/c1-3-32(16-33(36)21-8-6-7-18(15-21)26(28,29)30)17(2)24-31-23-10-5-4-9-22(23)25(35)34(24)20-13-11-19(27)12-14-20/h4-15,17H,3,16H2,1-2H3/q-1. The first-order chi connectivity index (χ1) is 17.1. The van der Waals surface area contributed by atoms with Crippen molar-refractivity contribution >= 4 is 16.6 Å². The van der Waals surface area contributed by atoms with Crippen LogP contribution in [0.1, 0.15) is 31.3 Å². The largest absolute Gasteiger partial charge is 0.757 e. The second kappa shape index (κ2) is 10.1. The van der Waals surface area contributed by atoms with Crippen LogP contribution < -0.4 is 10.6 Å². The number of hydrogen-bond acceptors (Lipinski definition) is 5. The van der Waals surface area contributed by atoms with Crippen LogP contribution in [0.25, 0.3) is 16.6 Å². The summed E-state index contributed by atoms with van der Waals surface area (Å²) >= 11 is 0. The number of halogens is 4. The fraction of sp³-hybridized carbons (Fsp3) is 0.231. The average molecular weight is 499 g/mol. The molecule has 1 heterocycles. The molecule has 0 spiro atoms. The van der Waals surface area contributed by atoms with E-state index >= 15 is 0 Å². The minimum absolute atomic E-state index is 0.141. The highest BCUT2D eigenvalue weighted by atomic mass is 19.4. The van der Waals surface area contributed by atoms with E-state index in [0.717, 1.165) is 12.1 Å². The van der Waals surface area contributed by atoms with Gasteiger partial charge in [-0.05, 0) is 68.1 Å². The summed E-state index contributed by atoms with van der Waals surface area (Å²) in [6, 6.07) is 15.8. The van der Waals surface area contributed by atoms with E-state index < -0.39 is 23.6 Å². The molecule has 0 saturated carbocycles. The van der Waals surface area contributed by atoms with Crippen molar-refractivity contribution < 1.29 is 17.6 Å². The van der Waals surface area contributed by atoms with Gasteiger partial charge in [0.15, 0.2) is 0 Å². The molecule has 0 aliphatic heterocycles. The van der Waals surface area contributed by atoms with Crippen molar-refractivity contribution in [3.63, 3.8) is 0 Å². The van der Waals surface area contributed by atoms with Gasteiger partial charge >= 0.3 is 6.18 Å². The van der Waals surface area contributed by atoms with E-state index in [9.17, 15) is 27.6 Å². The molecule has 4 aromatic rings. The summed E-state index contributed by atoms with van der Waals surface area (Å²) in [4.78, 5) is 19.8. The number of alkyl halides is 3. The lowest BCUT2D eigenvalue weighted by Crippen LogP contribution is -2.39. The van der Waals surface area contributed by atoms with Crippen molar-refractivity contribution in [2.45, 2.75) is 26.1 Å². The summed E-state index contributed by atoms with van der Waals surface area (Å²) in [5.41, 5.74) is -0.567. The number of fused-ring (bicyclic) bond motifs is 1. The molecular formula is C26H23F4N4O2-. The summed E-state index contributed by atoms with van der Waals surface area (Å²) in [5, 5.41) is 13.7. The molecule has 0 aliphatic rings. The minimum atomic E-state index is -4.57. The molecule has 4 rings (SSSR count). The molecule has 188 valence electrons. The molecule has 3 aromatic carbocycles. The van der Waals surface area contributed by atoms with Gasteiger partial charge in [-0.1, -0.05) is 25.1 Å². The Morgan fingerprint density at radius 3 is 2.39 bits per heavy atom. The van der Waals surface area contributed by atoms with Gasteiger partial charge in [0.1, 0.15) is 11.6 Å². The summed E-state index contributed by atoms with van der Waals surface area (Å²) in [7, 11) is 0. The molecule has 0 N–H and O–H groups in total. The quantitative estimate of drug-likeness (QED) is 0.180. The molecule has 0 saturated heterocycles. The third kappa shape index (κ3) is 5.09. The van der Waals surface area contributed by atoms with Gasteiger partial charge in [-0.2, -0.15) is 13.2 Å². The van der Waals surface area contributed by atoms with Crippen LogP contribution in [-0.4, -0.2) is 27.7 Å². The van der Waals surface area contributed by atoms with Crippen LogP contribution in [0, 0.1) is 11.0 Å². The number of aromatic nitrogens is 2. The Balaban J connectivity index is 1.74. The van der Waals surface area contributed by atoms with E-state index in [0.29, 0.717) is 34.0 Å². The normalized spacial score (nSPS) is 12.8. The Bertz CT molecular complexity index is 1420. The molecule has 0 fully saturated rings. The number of rotatable bonds is 7. The zero-order valence-electron chi connectivity index (χ0n) is 19.5. The highest BCUT2D eigenvalue weighted by molar-refractivity contribution is 5.77. The lowest BCUT2D eigenvalue weighted by Gasteiger charge is -2.39. The summed E-state index contributed by atoms with van der Waals surface area (Å²) < 4.78 is 54.3. The van der Waals surface area contributed by atoms with Crippen molar-refractivity contribution in [3.05, 3.63) is 106 Å². The van der Waals surface area contributed by atoms with Crippen molar-refractivity contribution in [1.82, 2.24) is 14.5 Å². The predicted octanol–water partition coefficient (Wildman–Crippen LogP) is 5.89. The summed E-state index contributed by atoms with van der Waals surface area (Å²) in [5.74, 6) is -0.155. The number of anilines is 1. The predicted molar refractivity (Wildman–Crippen MR) is 130 cm³/mol. The molecule has 1 aromatic heterocycles. The molecule has 10 heteroatoms. The Hall–Kier alpha value is -3.76. The third-order valence-corrected chi connectivity index (χ3v) is 5.99.